The Bertz CT molecular complexity index is 289. The van der Waals surface area contributed by atoms with E-state index in [0.29, 0.717) is 16.2 Å². The van der Waals surface area contributed by atoms with Crippen LogP contribution < -0.4 is 0 Å². The van der Waals surface area contributed by atoms with Crippen molar-refractivity contribution in [3.05, 3.63) is 21.7 Å². The van der Waals surface area contributed by atoms with Gasteiger partial charge in [-0.05, 0) is 13.3 Å². The average Bonchev–Trinajstić information content (AvgIpc) is 2.12. The van der Waals surface area contributed by atoms with E-state index in [9.17, 15) is 0 Å². The Morgan fingerprint density at radius 3 is 2.08 bits per heavy atom. The zero-order valence-corrected chi connectivity index (χ0v) is 9.45. The summed E-state index contributed by atoms with van der Waals surface area (Å²) in [6.45, 7) is 5.94. The van der Waals surface area contributed by atoms with E-state index in [4.69, 9.17) is 23.2 Å². The van der Waals surface area contributed by atoms with Crippen molar-refractivity contribution in [2.24, 2.45) is 0 Å². The maximum absolute atomic E-state index is 5.88. The standard InChI is InChI=1S/C9H12Cl2N2/c1-4-5(2)9-12-7(10)6(3)8(11)13-9/h5H,4H2,1-3H3. The van der Waals surface area contributed by atoms with Gasteiger partial charge in [0.1, 0.15) is 16.1 Å². The van der Waals surface area contributed by atoms with Gasteiger partial charge in [0.25, 0.3) is 0 Å². The first-order chi connectivity index (χ1) is 6.06. The van der Waals surface area contributed by atoms with Crippen molar-refractivity contribution in [1.82, 2.24) is 9.97 Å². The molecule has 0 saturated carbocycles. The highest BCUT2D eigenvalue weighted by Crippen LogP contribution is 2.23. The fourth-order valence-electron chi connectivity index (χ4n) is 0.882. The first kappa shape index (κ1) is 10.7. The maximum atomic E-state index is 5.88. The Morgan fingerprint density at radius 2 is 1.69 bits per heavy atom. The lowest BCUT2D eigenvalue weighted by molar-refractivity contribution is 0.677. The molecule has 1 rings (SSSR count). The Morgan fingerprint density at radius 1 is 1.23 bits per heavy atom. The monoisotopic (exact) mass is 218 g/mol. The molecule has 0 aliphatic heterocycles. The minimum atomic E-state index is 0.301. The summed E-state index contributed by atoms with van der Waals surface area (Å²) in [6, 6.07) is 0. The third kappa shape index (κ3) is 2.32. The lowest BCUT2D eigenvalue weighted by atomic mass is 10.1. The molecule has 4 heteroatoms. The highest BCUT2D eigenvalue weighted by Gasteiger charge is 2.11. The van der Waals surface area contributed by atoms with E-state index in [2.05, 4.69) is 23.8 Å². The van der Waals surface area contributed by atoms with Crippen LogP contribution in [0.2, 0.25) is 10.3 Å². The summed E-state index contributed by atoms with van der Waals surface area (Å²) >= 11 is 11.8. The molecule has 1 atom stereocenters. The average molecular weight is 219 g/mol. The van der Waals surface area contributed by atoms with Gasteiger partial charge in [0.05, 0.1) is 0 Å². The van der Waals surface area contributed by atoms with Crippen LogP contribution in [-0.4, -0.2) is 9.97 Å². The van der Waals surface area contributed by atoms with Crippen molar-refractivity contribution in [3.63, 3.8) is 0 Å². The molecule has 0 bridgehead atoms. The van der Waals surface area contributed by atoms with Crippen LogP contribution in [0.3, 0.4) is 0 Å². The summed E-state index contributed by atoms with van der Waals surface area (Å²) in [5.74, 6) is 1.03. The van der Waals surface area contributed by atoms with Crippen LogP contribution in [0.4, 0.5) is 0 Å². The molecule has 13 heavy (non-hydrogen) atoms. The fraction of sp³-hybridized carbons (Fsp3) is 0.556. The van der Waals surface area contributed by atoms with Crippen molar-refractivity contribution in [2.45, 2.75) is 33.1 Å². The number of halogens is 2. The SMILES string of the molecule is CCC(C)c1nc(Cl)c(C)c(Cl)n1. The second kappa shape index (κ2) is 4.25. The van der Waals surface area contributed by atoms with E-state index >= 15 is 0 Å². The molecular weight excluding hydrogens is 207 g/mol. The highest BCUT2D eigenvalue weighted by molar-refractivity contribution is 6.34. The van der Waals surface area contributed by atoms with Crippen molar-refractivity contribution < 1.29 is 0 Å². The summed E-state index contributed by atoms with van der Waals surface area (Å²) in [6.07, 6.45) is 0.982. The molecule has 1 aromatic heterocycles. The summed E-state index contributed by atoms with van der Waals surface area (Å²) in [4.78, 5) is 8.35. The topological polar surface area (TPSA) is 25.8 Å². The van der Waals surface area contributed by atoms with Gasteiger partial charge in [0, 0.05) is 11.5 Å². The molecule has 0 amide bonds. The quantitative estimate of drug-likeness (QED) is 0.710. The molecule has 0 radical (unpaired) electrons. The van der Waals surface area contributed by atoms with Gasteiger partial charge in [0.15, 0.2) is 0 Å². The van der Waals surface area contributed by atoms with Crippen LogP contribution in [0.5, 0.6) is 0 Å². The zero-order chi connectivity index (χ0) is 10.0. The number of hydrogen-bond acceptors (Lipinski definition) is 2. The van der Waals surface area contributed by atoms with Crippen molar-refractivity contribution >= 4 is 23.2 Å². The van der Waals surface area contributed by atoms with Gasteiger partial charge in [-0.15, -0.1) is 0 Å². The van der Waals surface area contributed by atoms with E-state index in [1.807, 2.05) is 6.92 Å². The molecule has 0 aromatic carbocycles. The Balaban J connectivity index is 3.13. The normalized spacial score (nSPS) is 13.0. The summed E-state index contributed by atoms with van der Waals surface area (Å²) in [5, 5.41) is 0.908. The van der Waals surface area contributed by atoms with Gasteiger partial charge < -0.3 is 0 Å². The predicted molar refractivity (Wildman–Crippen MR) is 55.5 cm³/mol. The molecule has 0 aliphatic rings. The van der Waals surface area contributed by atoms with E-state index in [0.717, 1.165) is 17.8 Å². The molecule has 2 nitrogen and oxygen atoms in total. The molecule has 0 N–H and O–H groups in total. The minimum absolute atomic E-state index is 0.301. The maximum Gasteiger partial charge on any atom is 0.137 e. The Kier molecular flexibility index (Phi) is 3.51. The van der Waals surface area contributed by atoms with Gasteiger partial charge in [-0.3, -0.25) is 0 Å². The van der Waals surface area contributed by atoms with Gasteiger partial charge in [-0.1, -0.05) is 37.0 Å². The first-order valence-corrected chi connectivity index (χ1v) is 5.01. The van der Waals surface area contributed by atoms with E-state index in [1.165, 1.54) is 0 Å². The predicted octanol–water partition coefficient (Wildman–Crippen LogP) is 3.61. The highest BCUT2D eigenvalue weighted by atomic mass is 35.5. The zero-order valence-electron chi connectivity index (χ0n) is 7.93. The van der Waals surface area contributed by atoms with Crippen LogP contribution in [0.1, 0.15) is 37.6 Å². The van der Waals surface area contributed by atoms with Gasteiger partial charge in [-0.2, -0.15) is 0 Å². The van der Waals surface area contributed by atoms with Gasteiger partial charge in [-0.25, -0.2) is 9.97 Å². The third-order valence-electron chi connectivity index (χ3n) is 2.10. The summed E-state index contributed by atoms with van der Waals surface area (Å²) in [7, 11) is 0. The molecule has 72 valence electrons. The summed E-state index contributed by atoms with van der Waals surface area (Å²) in [5.41, 5.74) is 0.746. The molecule has 1 aromatic rings. The van der Waals surface area contributed by atoms with Crippen molar-refractivity contribution in [3.8, 4) is 0 Å². The second-order valence-corrected chi connectivity index (χ2v) is 3.81. The fourth-order valence-corrected chi connectivity index (χ4v) is 1.28. The van der Waals surface area contributed by atoms with E-state index in [1.54, 1.807) is 0 Å². The van der Waals surface area contributed by atoms with Crippen LogP contribution in [0, 0.1) is 6.92 Å². The molecule has 0 aliphatic carbocycles. The van der Waals surface area contributed by atoms with E-state index < -0.39 is 0 Å². The number of rotatable bonds is 2. The lowest BCUT2D eigenvalue weighted by Crippen LogP contribution is -2.02. The van der Waals surface area contributed by atoms with Crippen LogP contribution in [0.25, 0.3) is 0 Å². The molecule has 1 unspecified atom stereocenters. The van der Waals surface area contributed by atoms with E-state index in [-0.39, 0.29) is 0 Å². The Labute approximate surface area is 88.3 Å². The number of nitrogens with zero attached hydrogens (tertiary/aromatic N) is 2. The van der Waals surface area contributed by atoms with Crippen LogP contribution in [-0.2, 0) is 0 Å². The number of hydrogen-bond donors (Lipinski definition) is 0. The van der Waals surface area contributed by atoms with Crippen molar-refractivity contribution in [2.75, 3.05) is 0 Å². The lowest BCUT2D eigenvalue weighted by Gasteiger charge is -2.08. The molecular formula is C9H12Cl2N2. The van der Waals surface area contributed by atoms with Gasteiger partial charge in [0.2, 0.25) is 0 Å². The minimum Gasteiger partial charge on any atom is -0.221 e. The smallest absolute Gasteiger partial charge is 0.137 e. The second-order valence-electron chi connectivity index (χ2n) is 3.10. The number of aromatic nitrogens is 2. The van der Waals surface area contributed by atoms with Crippen LogP contribution in [0.15, 0.2) is 0 Å². The largest absolute Gasteiger partial charge is 0.221 e. The first-order valence-electron chi connectivity index (χ1n) is 4.25. The van der Waals surface area contributed by atoms with Crippen LogP contribution >= 0.6 is 23.2 Å². The van der Waals surface area contributed by atoms with Crippen molar-refractivity contribution in [1.29, 1.82) is 0 Å². The molecule has 1 heterocycles. The van der Waals surface area contributed by atoms with Gasteiger partial charge >= 0.3 is 0 Å². The third-order valence-corrected chi connectivity index (χ3v) is 2.83. The molecule has 0 fully saturated rings. The summed E-state index contributed by atoms with van der Waals surface area (Å²) < 4.78 is 0. The molecule has 0 saturated heterocycles. The Hall–Kier alpha value is -0.340. The molecule has 0 spiro atoms.